The van der Waals surface area contributed by atoms with E-state index in [9.17, 15) is 10.2 Å². The predicted molar refractivity (Wildman–Crippen MR) is 103 cm³/mol. The lowest BCUT2D eigenvalue weighted by atomic mass is 9.48. The summed E-state index contributed by atoms with van der Waals surface area (Å²) in [4.78, 5) is 4.44. The number of phenolic OH excluding ortho intramolecular Hbond substituents is 2. The van der Waals surface area contributed by atoms with Crippen molar-refractivity contribution >= 4 is 11.9 Å². The number of phenols is 2. The highest BCUT2D eigenvalue weighted by Gasteiger charge is 2.51. The smallest absolute Gasteiger partial charge is 0.124 e. The molecule has 0 amide bonds. The van der Waals surface area contributed by atoms with E-state index < -0.39 is 0 Å². The molecular formula is C23H25NO2. The summed E-state index contributed by atoms with van der Waals surface area (Å²) in [6.45, 7) is 0. The molecule has 26 heavy (non-hydrogen) atoms. The van der Waals surface area contributed by atoms with E-state index in [1.165, 1.54) is 44.1 Å². The summed E-state index contributed by atoms with van der Waals surface area (Å²) in [5.74, 6) is 3.17. The lowest BCUT2D eigenvalue weighted by molar-refractivity contribution is -0.00520. The van der Waals surface area contributed by atoms with Gasteiger partial charge in [0.05, 0.1) is 5.69 Å². The van der Waals surface area contributed by atoms with Crippen LogP contribution in [0, 0.1) is 17.8 Å². The predicted octanol–water partition coefficient (Wildman–Crippen LogP) is 5.32. The molecule has 4 fully saturated rings. The molecule has 3 nitrogen and oxygen atoms in total. The van der Waals surface area contributed by atoms with E-state index in [-0.39, 0.29) is 11.5 Å². The molecule has 0 unspecified atom stereocenters. The van der Waals surface area contributed by atoms with Crippen LogP contribution in [0.5, 0.6) is 11.5 Å². The van der Waals surface area contributed by atoms with Crippen LogP contribution in [0.25, 0.3) is 0 Å². The van der Waals surface area contributed by atoms with E-state index in [0.717, 1.165) is 23.3 Å². The standard InChI is InChI=1S/C23H25NO2/c25-21-3-1-2-20(10-21)24-14-18-9-19(4-5-22(18)26)23-11-15-6-16(12-23)8-17(7-15)13-23/h1-5,9-10,14-17,25-26H,6-8,11-13H2. The molecule has 0 atom stereocenters. The summed E-state index contributed by atoms with van der Waals surface area (Å²) < 4.78 is 0. The van der Waals surface area contributed by atoms with Crippen molar-refractivity contribution in [1.29, 1.82) is 0 Å². The van der Waals surface area contributed by atoms with Crippen LogP contribution in [0.3, 0.4) is 0 Å². The summed E-state index contributed by atoms with van der Waals surface area (Å²) in [5.41, 5.74) is 3.15. The van der Waals surface area contributed by atoms with Gasteiger partial charge in [-0.25, -0.2) is 0 Å². The Bertz CT molecular complexity index is 835. The molecule has 2 aromatic carbocycles. The maximum absolute atomic E-state index is 10.3. The summed E-state index contributed by atoms with van der Waals surface area (Å²) in [5, 5.41) is 19.9. The minimum Gasteiger partial charge on any atom is -0.508 e. The number of nitrogens with zero attached hydrogens (tertiary/aromatic N) is 1. The van der Waals surface area contributed by atoms with Crippen molar-refractivity contribution < 1.29 is 10.2 Å². The van der Waals surface area contributed by atoms with Gasteiger partial charge in [-0.2, -0.15) is 0 Å². The summed E-state index contributed by atoms with van der Waals surface area (Å²) >= 11 is 0. The third-order valence-corrected chi connectivity index (χ3v) is 6.86. The zero-order chi connectivity index (χ0) is 17.7. The zero-order valence-corrected chi connectivity index (χ0v) is 14.9. The number of aliphatic imine (C=N–C) groups is 1. The number of benzene rings is 2. The molecule has 4 aliphatic rings. The fourth-order valence-corrected chi connectivity index (χ4v) is 6.17. The van der Waals surface area contributed by atoms with Gasteiger partial charge in [-0.15, -0.1) is 0 Å². The molecule has 2 N–H and O–H groups in total. The Morgan fingerprint density at radius 3 is 2.23 bits per heavy atom. The molecule has 2 aromatic rings. The van der Waals surface area contributed by atoms with E-state index in [0.29, 0.717) is 11.1 Å². The Kier molecular flexibility index (Phi) is 3.59. The zero-order valence-electron chi connectivity index (χ0n) is 14.9. The number of aromatic hydroxyl groups is 2. The first kappa shape index (κ1) is 15.9. The second-order valence-electron chi connectivity index (χ2n) is 8.75. The first-order chi connectivity index (χ1) is 12.6. The Morgan fingerprint density at radius 1 is 0.885 bits per heavy atom. The van der Waals surface area contributed by atoms with Crippen molar-refractivity contribution in [3.8, 4) is 11.5 Å². The van der Waals surface area contributed by atoms with E-state index in [1.807, 2.05) is 12.1 Å². The summed E-state index contributed by atoms with van der Waals surface area (Å²) in [6.07, 6.45) is 9.95. The number of hydrogen-bond acceptors (Lipinski definition) is 3. The molecule has 4 saturated carbocycles. The highest BCUT2D eigenvalue weighted by atomic mass is 16.3. The van der Waals surface area contributed by atoms with Gasteiger partial charge in [-0.1, -0.05) is 12.1 Å². The molecule has 4 bridgehead atoms. The molecule has 4 aliphatic carbocycles. The van der Waals surface area contributed by atoms with Gasteiger partial charge >= 0.3 is 0 Å². The van der Waals surface area contributed by atoms with Crippen molar-refractivity contribution in [2.45, 2.75) is 43.9 Å². The van der Waals surface area contributed by atoms with E-state index in [2.05, 4.69) is 17.1 Å². The topological polar surface area (TPSA) is 52.8 Å². The molecule has 0 radical (unpaired) electrons. The quantitative estimate of drug-likeness (QED) is 0.739. The minimum atomic E-state index is 0.200. The van der Waals surface area contributed by atoms with Crippen LogP contribution in [-0.2, 0) is 5.41 Å². The lowest BCUT2D eigenvalue weighted by Crippen LogP contribution is -2.48. The van der Waals surface area contributed by atoms with Crippen LogP contribution in [-0.4, -0.2) is 16.4 Å². The number of rotatable bonds is 3. The second kappa shape index (κ2) is 5.87. The molecule has 0 aliphatic heterocycles. The molecule has 0 spiro atoms. The molecule has 0 aromatic heterocycles. The molecular weight excluding hydrogens is 322 g/mol. The Hall–Kier alpha value is -2.29. The van der Waals surface area contributed by atoms with Crippen molar-refractivity contribution in [3.05, 3.63) is 53.6 Å². The lowest BCUT2D eigenvalue weighted by Gasteiger charge is -2.57. The minimum absolute atomic E-state index is 0.200. The van der Waals surface area contributed by atoms with Crippen LogP contribution in [0.15, 0.2) is 47.5 Å². The van der Waals surface area contributed by atoms with Crippen LogP contribution >= 0.6 is 0 Å². The van der Waals surface area contributed by atoms with Gasteiger partial charge in [0.2, 0.25) is 0 Å². The van der Waals surface area contributed by atoms with Crippen LogP contribution < -0.4 is 0 Å². The Labute approximate surface area is 154 Å². The fraction of sp³-hybridized carbons (Fsp3) is 0.435. The maximum atomic E-state index is 10.3. The fourth-order valence-electron chi connectivity index (χ4n) is 6.17. The van der Waals surface area contributed by atoms with Gasteiger partial charge in [0.15, 0.2) is 0 Å². The first-order valence-corrected chi connectivity index (χ1v) is 9.76. The highest BCUT2D eigenvalue weighted by Crippen LogP contribution is 2.60. The van der Waals surface area contributed by atoms with Gasteiger partial charge in [-0.05, 0) is 91.5 Å². The SMILES string of the molecule is Oc1cccc(N=Cc2cc(C34CC5CC(CC(C5)C3)C4)ccc2O)c1. The van der Waals surface area contributed by atoms with Crippen LogP contribution in [0.4, 0.5) is 5.69 Å². The van der Waals surface area contributed by atoms with E-state index in [1.54, 1.807) is 24.4 Å². The third kappa shape index (κ3) is 2.70. The second-order valence-corrected chi connectivity index (χ2v) is 8.75. The Balaban J connectivity index is 1.47. The molecule has 6 rings (SSSR count). The average Bonchev–Trinajstić information content (AvgIpc) is 2.60. The van der Waals surface area contributed by atoms with E-state index >= 15 is 0 Å². The largest absolute Gasteiger partial charge is 0.508 e. The van der Waals surface area contributed by atoms with Crippen LogP contribution in [0.1, 0.15) is 49.7 Å². The van der Waals surface area contributed by atoms with Crippen molar-refractivity contribution in [3.63, 3.8) is 0 Å². The van der Waals surface area contributed by atoms with Gasteiger partial charge in [0, 0.05) is 17.8 Å². The van der Waals surface area contributed by atoms with Crippen molar-refractivity contribution in [1.82, 2.24) is 0 Å². The van der Waals surface area contributed by atoms with Crippen LogP contribution in [0.2, 0.25) is 0 Å². The summed E-state index contributed by atoms with van der Waals surface area (Å²) in [6, 6.07) is 13.0. The summed E-state index contributed by atoms with van der Waals surface area (Å²) in [7, 11) is 0. The molecule has 3 heteroatoms. The third-order valence-electron chi connectivity index (χ3n) is 6.86. The first-order valence-electron chi connectivity index (χ1n) is 9.76. The maximum Gasteiger partial charge on any atom is 0.124 e. The van der Waals surface area contributed by atoms with Gasteiger partial charge in [-0.3, -0.25) is 4.99 Å². The van der Waals surface area contributed by atoms with Crippen molar-refractivity contribution in [2.24, 2.45) is 22.7 Å². The van der Waals surface area contributed by atoms with Crippen molar-refractivity contribution in [2.75, 3.05) is 0 Å². The number of hydrogen-bond donors (Lipinski definition) is 2. The van der Waals surface area contributed by atoms with Gasteiger partial charge in [0.1, 0.15) is 11.5 Å². The molecule has 0 saturated heterocycles. The monoisotopic (exact) mass is 347 g/mol. The molecule has 0 heterocycles. The van der Waals surface area contributed by atoms with Gasteiger partial charge < -0.3 is 10.2 Å². The normalized spacial score (nSPS) is 32.4. The molecule has 134 valence electrons. The van der Waals surface area contributed by atoms with Gasteiger partial charge in [0.25, 0.3) is 0 Å². The Morgan fingerprint density at radius 2 is 1.58 bits per heavy atom. The highest BCUT2D eigenvalue weighted by molar-refractivity contribution is 5.85. The van der Waals surface area contributed by atoms with E-state index in [4.69, 9.17) is 0 Å². The average molecular weight is 347 g/mol.